The lowest BCUT2D eigenvalue weighted by molar-refractivity contribution is -0.00000661. The van der Waals surface area contributed by atoms with Gasteiger partial charge in [0.1, 0.15) is 16.3 Å². The Bertz CT molecular complexity index is 1220. The molecule has 0 saturated heterocycles. The summed E-state index contributed by atoms with van der Waals surface area (Å²) < 4.78 is 10.8. The van der Waals surface area contributed by atoms with Gasteiger partial charge in [-0.3, -0.25) is 0 Å². The number of hydrogen-bond acceptors (Lipinski definition) is 4. The van der Waals surface area contributed by atoms with Crippen molar-refractivity contribution in [1.82, 2.24) is 4.98 Å². The topological polar surface area (TPSA) is 31.4 Å². The van der Waals surface area contributed by atoms with Crippen molar-refractivity contribution in [2.75, 3.05) is 14.2 Å². The first kappa shape index (κ1) is 21.7. The van der Waals surface area contributed by atoms with Crippen LogP contribution in [0.4, 0.5) is 0 Å². The quantitative estimate of drug-likeness (QED) is 0.474. The monoisotopic (exact) mass is 450 g/mol. The van der Waals surface area contributed by atoms with Crippen molar-refractivity contribution in [1.29, 1.82) is 0 Å². The molecule has 5 heteroatoms. The zero-order valence-electron chi connectivity index (χ0n) is 17.9. The number of ether oxygens (including phenoxy) is 2. The molecule has 0 amide bonds. The summed E-state index contributed by atoms with van der Waals surface area (Å²) in [5.41, 5.74) is 6.02. The third-order valence-corrected chi connectivity index (χ3v) is 7.18. The summed E-state index contributed by atoms with van der Waals surface area (Å²) in [7, 11) is 3.41. The van der Waals surface area contributed by atoms with Crippen LogP contribution in [-0.2, 0) is 12.8 Å². The summed E-state index contributed by atoms with van der Waals surface area (Å²) in [6, 6.07) is 18.8. The van der Waals surface area contributed by atoms with Crippen molar-refractivity contribution in [3.8, 4) is 33.9 Å². The SMILES string of the molecule is COc1ccc(-c2cc(-c3cccc(OC)c3)nc3sc4c(c23)CCC(C)C4)cc1.[Cl-]. The van der Waals surface area contributed by atoms with Crippen LogP contribution in [0.2, 0.25) is 0 Å². The Morgan fingerprint density at radius 3 is 2.45 bits per heavy atom. The van der Waals surface area contributed by atoms with Crippen LogP contribution in [0.1, 0.15) is 23.8 Å². The van der Waals surface area contributed by atoms with Gasteiger partial charge in [0.05, 0.1) is 19.9 Å². The standard InChI is InChI=1S/C26H25NO2S.ClH/c1-16-7-12-21-24(13-16)30-26-25(21)22(17-8-10-19(28-2)11-9-17)15-23(27-26)18-5-4-6-20(14-18)29-3;/h4-6,8-11,14-16H,7,12-13H2,1-3H3;1H/p-1. The van der Waals surface area contributed by atoms with Gasteiger partial charge in [0.25, 0.3) is 0 Å². The molecule has 0 bridgehead atoms. The minimum Gasteiger partial charge on any atom is -1.00 e. The maximum atomic E-state index is 5.44. The minimum atomic E-state index is 0. The van der Waals surface area contributed by atoms with Crippen molar-refractivity contribution in [3.63, 3.8) is 0 Å². The number of aryl methyl sites for hydroxylation is 1. The van der Waals surface area contributed by atoms with E-state index in [1.54, 1.807) is 14.2 Å². The Kier molecular flexibility index (Phi) is 6.22. The molecule has 0 radical (unpaired) electrons. The summed E-state index contributed by atoms with van der Waals surface area (Å²) in [4.78, 5) is 7.76. The predicted molar refractivity (Wildman–Crippen MR) is 125 cm³/mol. The molecule has 0 aliphatic heterocycles. The number of fused-ring (bicyclic) bond motifs is 3. The first-order valence-electron chi connectivity index (χ1n) is 10.4. The highest BCUT2D eigenvalue weighted by Gasteiger charge is 2.24. The molecule has 0 saturated carbocycles. The Balaban J connectivity index is 0.00000231. The van der Waals surface area contributed by atoms with Gasteiger partial charge >= 0.3 is 0 Å². The number of pyridine rings is 1. The molecular formula is C26H25ClNO2S-. The fourth-order valence-electron chi connectivity index (χ4n) is 4.37. The van der Waals surface area contributed by atoms with Crippen molar-refractivity contribution < 1.29 is 21.9 Å². The van der Waals surface area contributed by atoms with Crippen molar-refractivity contribution in [2.24, 2.45) is 5.92 Å². The molecule has 1 aliphatic rings. The van der Waals surface area contributed by atoms with E-state index in [4.69, 9.17) is 14.5 Å². The van der Waals surface area contributed by atoms with E-state index in [1.807, 2.05) is 35.6 Å². The average molecular weight is 451 g/mol. The predicted octanol–water partition coefficient (Wildman–Crippen LogP) is 3.78. The minimum absolute atomic E-state index is 0. The number of nitrogens with zero attached hydrogens (tertiary/aromatic N) is 1. The zero-order valence-corrected chi connectivity index (χ0v) is 19.5. The molecule has 5 rings (SSSR count). The van der Waals surface area contributed by atoms with E-state index in [-0.39, 0.29) is 12.4 Å². The summed E-state index contributed by atoms with van der Waals surface area (Å²) in [5, 5.41) is 1.33. The van der Waals surface area contributed by atoms with Gasteiger partial charge in [0, 0.05) is 15.8 Å². The van der Waals surface area contributed by atoms with Crippen molar-refractivity contribution in [3.05, 3.63) is 65.0 Å². The third-order valence-electron chi connectivity index (χ3n) is 6.03. The van der Waals surface area contributed by atoms with E-state index in [0.717, 1.165) is 46.3 Å². The number of hydrogen-bond donors (Lipinski definition) is 0. The van der Waals surface area contributed by atoms with Crippen LogP contribution in [0.5, 0.6) is 11.5 Å². The molecule has 2 aromatic carbocycles. The Morgan fingerprint density at radius 1 is 0.935 bits per heavy atom. The van der Waals surface area contributed by atoms with Crippen LogP contribution in [0.3, 0.4) is 0 Å². The maximum absolute atomic E-state index is 5.44. The van der Waals surface area contributed by atoms with Gasteiger partial charge < -0.3 is 21.9 Å². The number of methoxy groups -OCH3 is 2. The summed E-state index contributed by atoms with van der Waals surface area (Å²) in [6.07, 6.45) is 3.55. The van der Waals surface area contributed by atoms with Gasteiger partial charge in [-0.2, -0.15) is 0 Å². The van der Waals surface area contributed by atoms with Crippen LogP contribution >= 0.6 is 11.3 Å². The third kappa shape index (κ3) is 4.02. The molecule has 0 spiro atoms. The van der Waals surface area contributed by atoms with Gasteiger partial charge in [-0.05, 0) is 72.2 Å². The fourth-order valence-corrected chi connectivity index (χ4v) is 5.78. The molecule has 2 aromatic heterocycles. The Hall–Kier alpha value is -2.56. The van der Waals surface area contributed by atoms with Crippen molar-refractivity contribution in [2.45, 2.75) is 26.2 Å². The van der Waals surface area contributed by atoms with E-state index < -0.39 is 0 Å². The van der Waals surface area contributed by atoms with Crippen LogP contribution in [0.25, 0.3) is 32.6 Å². The molecule has 3 nitrogen and oxygen atoms in total. The number of rotatable bonds is 4. The number of thiophene rings is 1. The van der Waals surface area contributed by atoms with E-state index in [2.05, 4.69) is 37.3 Å². The van der Waals surface area contributed by atoms with Crippen LogP contribution in [0.15, 0.2) is 54.6 Å². The number of aromatic nitrogens is 1. The normalized spacial score (nSPS) is 15.3. The van der Waals surface area contributed by atoms with Crippen LogP contribution in [-0.4, -0.2) is 19.2 Å². The number of benzene rings is 2. The molecule has 1 aliphatic carbocycles. The molecular weight excluding hydrogens is 426 g/mol. The molecule has 1 unspecified atom stereocenters. The second-order valence-corrected chi connectivity index (χ2v) is 9.13. The summed E-state index contributed by atoms with van der Waals surface area (Å²) >= 11 is 1.87. The van der Waals surface area contributed by atoms with Gasteiger partial charge in [0.15, 0.2) is 0 Å². The highest BCUT2D eigenvalue weighted by molar-refractivity contribution is 7.19. The highest BCUT2D eigenvalue weighted by atomic mass is 35.5. The van der Waals surface area contributed by atoms with E-state index in [0.29, 0.717) is 0 Å². The van der Waals surface area contributed by atoms with Gasteiger partial charge in [-0.1, -0.05) is 31.2 Å². The maximum Gasteiger partial charge on any atom is 0.125 e. The first-order chi connectivity index (χ1) is 14.7. The molecule has 0 N–H and O–H groups in total. The second-order valence-electron chi connectivity index (χ2n) is 8.05. The lowest BCUT2D eigenvalue weighted by Crippen LogP contribution is -3.00. The Morgan fingerprint density at radius 2 is 1.71 bits per heavy atom. The van der Waals surface area contributed by atoms with Crippen molar-refractivity contribution >= 4 is 21.6 Å². The summed E-state index contributed by atoms with van der Waals surface area (Å²) in [5.74, 6) is 2.46. The van der Waals surface area contributed by atoms with Gasteiger partial charge in [-0.15, -0.1) is 11.3 Å². The molecule has 160 valence electrons. The molecule has 2 heterocycles. The van der Waals surface area contributed by atoms with Crippen LogP contribution in [0, 0.1) is 5.92 Å². The lowest BCUT2D eigenvalue weighted by Gasteiger charge is -2.18. The van der Waals surface area contributed by atoms with Gasteiger partial charge in [0.2, 0.25) is 0 Å². The zero-order chi connectivity index (χ0) is 20.7. The molecule has 31 heavy (non-hydrogen) atoms. The number of halogens is 1. The largest absolute Gasteiger partial charge is 1.00 e. The first-order valence-corrected chi connectivity index (χ1v) is 11.2. The van der Waals surface area contributed by atoms with E-state index in [1.165, 1.54) is 33.4 Å². The fraction of sp³-hybridized carbons (Fsp3) is 0.269. The van der Waals surface area contributed by atoms with E-state index >= 15 is 0 Å². The van der Waals surface area contributed by atoms with E-state index in [9.17, 15) is 0 Å². The Labute approximate surface area is 193 Å². The van der Waals surface area contributed by atoms with Gasteiger partial charge in [-0.25, -0.2) is 4.98 Å². The molecule has 0 fully saturated rings. The highest BCUT2D eigenvalue weighted by Crippen LogP contribution is 2.43. The lowest BCUT2D eigenvalue weighted by atomic mass is 9.87. The smallest absolute Gasteiger partial charge is 0.125 e. The average Bonchev–Trinajstić information content (AvgIpc) is 3.16. The molecule has 4 aromatic rings. The second kappa shape index (κ2) is 8.89. The summed E-state index contributed by atoms with van der Waals surface area (Å²) in [6.45, 7) is 2.35. The van der Waals surface area contributed by atoms with Crippen LogP contribution < -0.4 is 21.9 Å². The molecule has 1 atom stereocenters.